The van der Waals surface area contributed by atoms with E-state index in [1.165, 1.54) is 0 Å². The standard InChI is InChI=1S/C16H19N5/c1-4-21(5-2)15-10-12(3)18-16(20-15)19-14-9-7-6-8-13(14)11-17/h6-10H,4-5H2,1-3H3,(H,18,19,20). The van der Waals surface area contributed by atoms with Gasteiger partial charge in [0, 0.05) is 24.8 Å². The monoisotopic (exact) mass is 281 g/mol. The van der Waals surface area contributed by atoms with Gasteiger partial charge >= 0.3 is 0 Å². The molecule has 1 N–H and O–H groups in total. The van der Waals surface area contributed by atoms with Crippen molar-refractivity contribution in [3.8, 4) is 6.07 Å². The van der Waals surface area contributed by atoms with Crippen molar-refractivity contribution in [1.29, 1.82) is 5.26 Å². The summed E-state index contributed by atoms with van der Waals surface area (Å²) in [5, 5.41) is 12.3. The van der Waals surface area contributed by atoms with Crippen molar-refractivity contribution in [3.05, 3.63) is 41.6 Å². The van der Waals surface area contributed by atoms with Crippen LogP contribution in [-0.4, -0.2) is 23.1 Å². The van der Waals surface area contributed by atoms with Crippen molar-refractivity contribution in [2.24, 2.45) is 0 Å². The van der Waals surface area contributed by atoms with E-state index in [0.717, 1.165) is 30.3 Å². The van der Waals surface area contributed by atoms with Gasteiger partial charge in [-0.25, -0.2) is 4.98 Å². The van der Waals surface area contributed by atoms with Crippen LogP contribution in [0.5, 0.6) is 0 Å². The zero-order valence-electron chi connectivity index (χ0n) is 12.6. The van der Waals surface area contributed by atoms with Crippen molar-refractivity contribution in [1.82, 2.24) is 9.97 Å². The Morgan fingerprint density at radius 1 is 1.19 bits per heavy atom. The number of anilines is 3. The van der Waals surface area contributed by atoms with Crippen LogP contribution in [-0.2, 0) is 0 Å². The van der Waals surface area contributed by atoms with Crippen LogP contribution < -0.4 is 10.2 Å². The van der Waals surface area contributed by atoms with Gasteiger partial charge in [0.05, 0.1) is 11.3 Å². The number of nitriles is 1. The Kier molecular flexibility index (Phi) is 4.72. The van der Waals surface area contributed by atoms with E-state index in [0.29, 0.717) is 11.5 Å². The molecular weight excluding hydrogens is 262 g/mol. The van der Waals surface area contributed by atoms with E-state index in [9.17, 15) is 0 Å². The zero-order chi connectivity index (χ0) is 15.2. The number of aryl methyl sites for hydroxylation is 1. The molecule has 0 amide bonds. The highest BCUT2D eigenvalue weighted by atomic mass is 15.2. The van der Waals surface area contributed by atoms with Crippen molar-refractivity contribution in [2.45, 2.75) is 20.8 Å². The Morgan fingerprint density at radius 3 is 2.57 bits per heavy atom. The molecule has 1 aromatic carbocycles. The average Bonchev–Trinajstić information content (AvgIpc) is 2.48. The molecule has 0 saturated heterocycles. The molecule has 0 bridgehead atoms. The maximum Gasteiger partial charge on any atom is 0.229 e. The Hall–Kier alpha value is -2.61. The second-order valence-electron chi connectivity index (χ2n) is 4.65. The van der Waals surface area contributed by atoms with Gasteiger partial charge in [0.25, 0.3) is 0 Å². The molecule has 0 unspecified atom stereocenters. The lowest BCUT2D eigenvalue weighted by Gasteiger charge is -2.20. The maximum absolute atomic E-state index is 9.13. The highest BCUT2D eigenvalue weighted by Crippen LogP contribution is 2.20. The molecule has 0 atom stereocenters. The minimum atomic E-state index is 0.514. The van der Waals surface area contributed by atoms with Crippen LogP contribution in [0.15, 0.2) is 30.3 Å². The van der Waals surface area contributed by atoms with Crippen LogP contribution in [0.4, 0.5) is 17.5 Å². The van der Waals surface area contributed by atoms with Crippen molar-refractivity contribution < 1.29 is 0 Å². The average molecular weight is 281 g/mol. The lowest BCUT2D eigenvalue weighted by molar-refractivity contribution is 0.840. The third-order valence-corrected chi connectivity index (χ3v) is 3.22. The van der Waals surface area contributed by atoms with Gasteiger partial charge in [0.15, 0.2) is 0 Å². The number of aromatic nitrogens is 2. The van der Waals surface area contributed by atoms with Crippen LogP contribution in [0.2, 0.25) is 0 Å². The Bertz CT molecular complexity index is 656. The molecule has 0 radical (unpaired) electrons. The maximum atomic E-state index is 9.13. The molecule has 0 aliphatic carbocycles. The minimum Gasteiger partial charge on any atom is -0.357 e. The molecule has 0 aliphatic heterocycles. The van der Waals surface area contributed by atoms with E-state index in [1.54, 1.807) is 6.07 Å². The van der Waals surface area contributed by atoms with Gasteiger partial charge in [0.2, 0.25) is 5.95 Å². The Labute approximate surface area is 125 Å². The molecule has 0 saturated carbocycles. The summed E-state index contributed by atoms with van der Waals surface area (Å²) >= 11 is 0. The number of hydrogen-bond acceptors (Lipinski definition) is 5. The third-order valence-electron chi connectivity index (χ3n) is 3.22. The molecule has 1 heterocycles. The second-order valence-corrected chi connectivity index (χ2v) is 4.65. The van der Waals surface area contributed by atoms with E-state index in [1.807, 2.05) is 31.2 Å². The Morgan fingerprint density at radius 2 is 1.90 bits per heavy atom. The van der Waals surface area contributed by atoms with E-state index in [2.05, 4.69) is 40.1 Å². The zero-order valence-corrected chi connectivity index (χ0v) is 12.6. The highest BCUT2D eigenvalue weighted by molar-refractivity contribution is 5.63. The van der Waals surface area contributed by atoms with Gasteiger partial charge in [-0.2, -0.15) is 10.2 Å². The third kappa shape index (κ3) is 3.48. The minimum absolute atomic E-state index is 0.514. The Balaban J connectivity index is 2.34. The molecular formula is C16H19N5. The summed E-state index contributed by atoms with van der Waals surface area (Å²) in [4.78, 5) is 11.1. The fourth-order valence-electron chi connectivity index (χ4n) is 2.13. The SMILES string of the molecule is CCN(CC)c1cc(C)nc(Nc2ccccc2C#N)n1. The number of nitrogens with zero attached hydrogens (tertiary/aromatic N) is 4. The summed E-state index contributed by atoms with van der Waals surface area (Å²) in [6.45, 7) is 7.91. The molecule has 0 aliphatic rings. The van der Waals surface area contributed by atoms with Gasteiger partial charge in [0.1, 0.15) is 11.9 Å². The summed E-state index contributed by atoms with van der Waals surface area (Å²) in [5.41, 5.74) is 2.19. The first kappa shape index (κ1) is 14.8. The first-order valence-corrected chi connectivity index (χ1v) is 7.04. The van der Waals surface area contributed by atoms with Crippen molar-refractivity contribution >= 4 is 17.5 Å². The number of rotatable bonds is 5. The first-order chi connectivity index (χ1) is 10.2. The highest BCUT2D eigenvalue weighted by Gasteiger charge is 2.09. The van der Waals surface area contributed by atoms with E-state index < -0.39 is 0 Å². The van der Waals surface area contributed by atoms with Gasteiger partial charge in [-0.15, -0.1) is 0 Å². The van der Waals surface area contributed by atoms with E-state index >= 15 is 0 Å². The number of para-hydroxylation sites is 1. The largest absolute Gasteiger partial charge is 0.357 e. The van der Waals surface area contributed by atoms with Crippen molar-refractivity contribution in [2.75, 3.05) is 23.3 Å². The lowest BCUT2D eigenvalue weighted by atomic mass is 10.2. The van der Waals surface area contributed by atoms with E-state index in [4.69, 9.17) is 5.26 Å². The van der Waals surface area contributed by atoms with Gasteiger partial charge in [-0.05, 0) is 32.9 Å². The molecule has 0 fully saturated rings. The number of benzene rings is 1. The molecule has 2 rings (SSSR count). The summed E-state index contributed by atoms with van der Waals surface area (Å²) < 4.78 is 0. The van der Waals surface area contributed by atoms with Crippen LogP contribution in [0.3, 0.4) is 0 Å². The van der Waals surface area contributed by atoms with Crippen LogP contribution in [0.25, 0.3) is 0 Å². The fraction of sp³-hybridized carbons (Fsp3) is 0.312. The van der Waals surface area contributed by atoms with Crippen molar-refractivity contribution in [3.63, 3.8) is 0 Å². The number of nitrogens with one attached hydrogen (secondary N) is 1. The molecule has 5 nitrogen and oxygen atoms in total. The summed E-state index contributed by atoms with van der Waals surface area (Å²) in [6.07, 6.45) is 0. The predicted molar refractivity (Wildman–Crippen MR) is 84.8 cm³/mol. The molecule has 108 valence electrons. The van der Waals surface area contributed by atoms with Gasteiger partial charge in [-0.3, -0.25) is 0 Å². The molecule has 0 spiro atoms. The van der Waals surface area contributed by atoms with Crippen LogP contribution in [0.1, 0.15) is 25.1 Å². The quantitative estimate of drug-likeness (QED) is 0.911. The topological polar surface area (TPSA) is 64.8 Å². The summed E-state index contributed by atoms with van der Waals surface area (Å²) in [7, 11) is 0. The normalized spacial score (nSPS) is 10.0. The van der Waals surface area contributed by atoms with Gasteiger partial charge < -0.3 is 10.2 Å². The lowest BCUT2D eigenvalue weighted by Crippen LogP contribution is -2.23. The molecule has 2 aromatic rings. The molecule has 21 heavy (non-hydrogen) atoms. The van der Waals surface area contributed by atoms with E-state index in [-0.39, 0.29) is 0 Å². The summed E-state index contributed by atoms with van der Waals surface area (Å²) in [6, 6.07) is 11.5. The van der Waals surface area contributed by atoms with Crippen LogP contribution in [0, 0.1) is 18.3 Å². The predicted octanol–water partition coefficient (Wildman–Crippen LogP) is 3.25. The number of hydrogen-bond donors (Lipinski definition) is 1. The summed E-state index contributed by atoms with van der Waals surface area (Å²) in [5.74, 6) is 1.41. The van der Waals surface area contributed by atoms with Crippen LogP contribution >= 0.6 is 0 Å². The molecule has 1 aromatic heterocycles. The van der Waals surface area contributed by atoms with Gasteiger partial charge in [-0.1, -0.05) is 12.1 Å². The molecule has 5 heteroatoms. The second kappa shape index (κ2) is 6.71. The smallest absolute Gasteiger partial charge is 0.229 e. The fourth-order valence-corrected chi connectivity index (χ4v) is 2.13. The first-order valence-electron chi connectivity index (χ1n) is 7.04.